The van der Waals surface area contributed by atoms with Gasteiger partial charge in [0.05, 0.1) is 29.4 Å². The summed E-state index contributed by atoms with van der Waals surface area (Å²) in [6.45, 7) is 5.96. The molecule has 1 aliphatic rings. The number of methoxy groups -OCH3 is 1. The number of para-hydroxylation sites is 1. The molecule has 0 saturated heterocycles. The molecule has 0 radical (unpaired) electrons. The van der Waals surface area contributed by atoms with E-state index >= 15 is 0 Å². The molecule has 8 heteroatoms. The van der Waals surface area contributed by atoms with E-state index < -0.39 is 5.97 Å². The van der Waals surface area contributed by atoms with E-state index in [-0.39, 0.29) is 18.3 Å². The Morgan fingerprint density at radius 3 is 2.53 bits per heavy atom. The quantitative estimate of drug-likeness (QED) is 0.317. The number of ether oxygens (including phenoxy) is 1. The minimum absolute atomic E-state index is 0. The molecule has 0 spiro atoms. The lowest BCUT2D eigenvalue weighted by Crippen LogP contribution is -2.35. The zero-order chi connectivity index (χ0) is 24.5. The molecule has 1 N–H and O–H groups in total. The van der Waals surface area contributed by atoms with Gasteiger partial charge >= 0.3 is 5.97 Å². The van der Waals surface area contributed by atoms with E-state index in [9.17, 15) is 9.59 Å². The summed E-state index contributed by atoms with van der Waals surface area (Å²) in [7, 11) is 1.38. The Morgan fingerprint density at radius 1 is 1.08 bits per heavy atom. The van der Waals surface area contributed by atoms with Crippen molar-refractivity contribution in [1.82, 2.24) is 9.88 Å². The Labute approximate surface area is 220 Å². The van der Waals surface area contributed by atoms with Crippen LogP contribution in [0.3, 0.4) is 0 Å². The second-order valence-corrected chi connectivity index (χ2v) is 10.0. The number of rotatable bonds is 5. The van der Waals surface area contributed by atoms with Crippen molar-refractivity contribution in [2.75, 3.05) is 19.0 Å². The van der Waals surface area contributed by atoms with Gasteiger partial charge < -0.3 is 10.1 Å². The van der Waals surface area contributed by atoms with Crippen molar-refractivity contribution in [2.45, 2.75) is 32.9 Å². The highest BCUT2D eigenvalue weighted by Gasteiger charge is 2.30. The summed E-state index contributed by atoms with van der Waals surface area (Å²) < 4.78 is 5.10. The largest absolute Gasteiger partial charge is 0.465 e. The smallest absolute Gasteiger partial charge is 0.341 e. The van der Waals surface area contributed by atoms with Crippen LogP contribution >= 0.6 is 23.7 Å². The Bertz CT molecular complexity index is 1420. The van der Waals surface area contributed by atoms with Gasteiger partial charge in [0.2, 0.25) is 0 Å². The molecular formula is C28H28ClN3O3S. The lowest BCUT2D eigenvalue weighted by atomic mass is 10.0. The average Bonchev–Trinajstić information content (AvgIpc) is 3.24. The van der Waals surface area contributed by atoms with Gasteiger partial charge in [-0.05, 0) is 38.0 Å². The lowest BCUT2D eigenvalue weighted by Gasteiger charge is -2.30. The Balaban J connectivity index is 0.00000304. The van der Waals surface area contributed by atoms with Gasteiger partial charge in [-0.3, -0.25) is 9.69 Å². The van der Waals surface area contributed by atoms with Crippen LogP contribution in [0.5, 0.6) is 0 Å². The zero-order valence-corrected chi connectivity index (χ0v) is 22.0. The first-order valence-corrected chi connectivity index (χ1v) is 12.5. The molecule has 186 valence electrons. The van der Waals surface area contributed by atoms with Crippen LogP contribution < -0.4 is 5.32 Å². The first-order chi connectivity index (χ1) is 17.0. The molecule has 0 fully saturated rings. The summed E-state index contributed by atoms with van der Waals surface area (Å²) in [6.07, 6.45) is 0.751. The van der Waals surface area contributed by atoms with Gasteiger partial charge in [-0.15, -0.1) is 23.7 Å². The van der Waals surface area contributed by atoms with E-state index in [1.165, 1.54) is 18.4 Å². The van der Waals surface area contributed by atoms with E-state index in [1.807, 2.05) is 60.7 Å². The molecule has 3 heterocycles. The first-order valence-electron chi connectivity index (χ1n) is 11.7. The number of hydrogen-bond acceptors (Lipinski definition) is 6. The second kappa shape index (κ2) is 10.8. The van der Waals surface area contributed by atoms with Crippen LogP contribution in [0, 0.1) is 0 Å². The number of amides is 1. The number of halogens is 1. The molecule has 0 atom stereocenters. The van der Waals surface area contributed by atoms with Gasteiger partial charge in [0.1, 0.15) is 5.00 Å². The van der Waals surface area contributed by atoms with Gasteiger partial charge in [0, 0.05) is 35.0 Å². The molecule has 5 rings (SSSR count). The number of esters is 1. The zero-order valence-electron chi connectivity index (χ0n) is 20.4. The molecule has 36 heavy (non-hydrogen) atoms. The van der Waals surface area contributed by atoms with Crippen LogP contribution in [0.15, 0.2) is 60.7 Å². The van der Waals surface area contributed by atoms with Crippen LogP contribution in [-0.4, -0.2) is 41.5 Å². The summed E-state index contributed by atoms with van der Waals surface area (Å²) in [5, 5.41) is 4.35. The van der Waals surface area contributed by atoms with Crippen LogP contribution in [0.25, 0.3) is 22.2 Å². The number of carbonyl (C=O) groups is 2. The van der Waals surface area contributed by atoms with Crippen LogP contribution in [0.2, 0.25) is 0 Å². The monoisotopic (exact) mass is 521 g/mol. The number of benzene rings is 2. The highest BCUT2D eigenvalue weighted by Crippen LogP contribution is 2.38. The third kappa shape index (κ3) is 4.87. The van der Waals surface area contributed by atoms with E-state index in [1.54, 1.807) is 0 Å². The number of pyridine rings is 1. The first kappa shape index (κ1) is 25.8. The third-order valence-corrected chi connectivity index (χ3v) is 7.60. The third-order valence-electron chi connectivity index (χ3n) is 6.46. The highest BCUT2D eigenvalue weighted by molar-refractivity contribution is 7.17. The average molecular weight is 522 g/mol. The number of hydrogen-bond donors (Lipinski definition) is 1. The number of thiophene rings is 1. The van der Waals surface area contributed by atoms with Crippen molar-refractivity contribution in [3.05, 3.63) is 82.2 Å². The predicted molar refractivity (Wildman–Crippen MR) is 147 cm³/mol. The molecule has 6 nitrogen and oxygen atoms in total. The Hall–Kier alpha value is -3.26. The Kier molecular flexibility index (Phi) is 7.73. The van der Waals surface area contributed by atoms with Crippen molar-refractivity contribution >= 4 is 51.5 Å². The normalized spacial score (nSPS) is 13.2. The van der Waals surface area contributed by atoms with Gasteiger partial charge in [-0.1, -0.05) is 48.5 Å². The summed E-state index contributed by atoms with van der Waals surface area (Å²) in [4.78, 5) is 34.7. The van der Waals surface area contributed by atoms with E-state index in [4.69, 9.17) is 9.72 Å². The SMILES string of the molecule is COC(=O)c1c(NC(=O)c2cc(-c3ccccc3)nc3ccccc23)sc2c1CCN(C(C)C)C2.Cl. The van der Waals surface area contributed by atoms with Gasteiger partial charge in [0.25, 0.3) is 5.91 Å². The van der Waals surface area contributed by atoms with Crippen LogP contribution in [0.4, 0.5) is 5.00 Å². The molecule has 0 saturated carbocycles. The molecule has 0 aliphatic carbocycles. The fourth-order valence-corrected chi connectivity index (χ4v) is 5.82. The lowest BCUT2D eigenvalue weighted by molar-refractivity contribution is 0.0600. The predicted octanol–water partition coefficient (Wildman–Crippen LogP) is 6.19. The van der Waals surface area contributed by atoms with Crippen molar-refractivity contribution in [3.8, 4) is 11.3 Å². The Morgan fingerprint density at radius 2 is 1.81 bits per heavy atom. The number of aromatic nitrogens is 1. The summed E-state index contributed by atoms with van der Waals surface area (Å²) >= 11 is 1.47. The number of nitrogens with zero attached hydrogens (tertiary/aromatic N) is 2. The van der Waals surface area contributed by atoms with Crippen LogP contribution in [0.1, 0.15) is 45.0 Å². The molecule has 1 aliphatic heterocycles. The number of fused-ring (bicyclic) bond motifs is 2. The van der Waals surface area contributed by atoms with Gasteiger partial charge in [-0.25, -0.2) is 9.78 Å². The van der Waals surface area contributed by atoms with Crippen molar-refractivity contribution in [2.24, 2.45) is 0 Å². The number of nitrogens with one attached hydrogen (secondary N) is 1. The molecule has 0 unspecified atom stereocenters. The molecular weight excluding hydrogens is 494 g/mol. The van der Waals surface area contributed by atoms with Crippen molar-refractivity contribution in [1.29, 1.82) is 0 Å². The molecule has 2 aromatic carbocycles. The van der Waals surface area contributed by atoms with E-state index in [2.05, 4.69) is 24.1 Å². The highest BCUT2D eigenvalue weighted by atomic mass is 35.5. The molecule has 4 aromatic rings. The minimum Gasteiger partial charge on any atom is -0.465 e. The maximum Gasteiger partial charge on any atom is 0.341 e. The topological polar surface area (TPSA) is 71.5 Å². The maximum atomic E-state index is 13.7. The minimum atomic E-state index is -0.416. The summed E-state index contributed by atoms with van der Waals surface area (Å²) in [6, 6.07) is 19.6. The van der Waals surface area contributed by atoms with Gasteiger partial charge in [0.15, 0.2) is 0 Å². The molecule has 0 bridgehead atoms. The summed E-state index contributed by atoms with van der Waals surface area (Å²) in [5.74, 6) is -0.689. The number of anilines is 1. The molecule has 1 amide bonds. The fraction of sp³-hybridized carbons (Fsp3) is 0.250. The second-order valence-electron chi connectivity index (χ2n) is 8.91. The van der Waals surface area contributed by atoms with Crippen LogP contribution in [-0.2, 0) is 17.7 Å². The van der Waals surface area contributed by atoms with Crippen molar-refractivity contribution in [3.63, 3.8) is 0 Å². The standard InChI is InChI=1S/C28H27N3O3S.ClH/c1-17(2)31-14-13-20-24(16-31)35-27(25(20)28(33)34-3)30-26(32)21-15-23(18-9-5-4-6-10-18)29-22-12-8-7-11-19(21)22;/h4-12,15,17H,13-14,16H2,1-3H3,(H,30,32);1H. The van der Waals surface area contributed by atoms with Gasteiger partial charge in [-0.2, -0.15) is 0 Å². The maximum absolute atomic E-state index is 13.7. The number of carbonyl (C=O) groups excluding carboxylic acids is 2. The van der Waals surface area contributed by atoms with Crippen molar-refractivity contribution < 1.29 is 14.3 Å². The van der Waals surface area contributed by atoms with E-state index in [0.717, 1.165) is 52.1 Å². The molecule has 2 aromatic heterocycles. The fourth-order valence-electron chi connectivity index (χ4n) is 4.56. The summed E-state index contributed by atoms with van der Waals surface area (Å²) in [5.41, 5.74) is 4.37. The van der Waals surface area contributed by atoms with E-state index in [0.29, 0.717) is 22.2 Å².